The number of sulfonamides is 1. The van der Waals surface area contributed by atoms with Gasteiger partial charge in [0.2, 0.25) is 10.2 Å². The van der Waals surface area contributed by atoms with Gasteiger partial charge in [0, 0.05) is 13.0 Å². The first-order valence-corrected chi connectivity index (χ1v) is 15.9. The van der Waals surface area contributed by atoms with Gasteiger partial charge in [0.15, 0.2) is 0 Å². The lowest BCUT2D eigenvalue weighted by Crippen LogP contribution is -2.34. The first-order valence-electron chi connectivity index (χ1n) is 13.6. The topological polar surface area (TPSA) is 151 Å². The maximum Gasteiger partial charge on any atom is 0.416 e. The van der Waals surface area contributed by atoms with Crippen molar-refractivity contribution in [1.82, 2.24) is 25.3 Å². The third kappa shape index (κ3) is 8.35. The lowest BCUT2D eigenvalue weighted by atomic mass is 10.0. The van der Waals surface area contributed by atoms with Crippen molar-refractivity contribution in [2.45, 2.75) is 36.1 Å². The zero-order chi connectivity index (χ0) is 32.9. The first-order chi connectivity index (χ1) is 21.9. The Kier molecular flexibility index (Phi) is 9.83. The van der Waals surface area contributed by atoms with Crippen LogP contribution in [0.25, 0.3) is 10.2 Å². The van der Waals surface area contributed by atoms with Gasteiger partial charge in [-0.2, -0.15) is 13.2 Å². The van der Waals surface area contributed by atoms with Crippen molar-refractivity contribution >= 4 is 37.5 Å². The molecule has 242 valence electrons. The summed E-state index contributed by atoms with van der Waals surface area (Å²) in [6.45, 7) is -0.790. The van der Waals surface area contributed by atoms with Gasteiger partial charge in [0.25, 0.3) is 10.0 Å². The average Bonchev–Trinajstić information content (AvgIpc) is 3.68. The minimum Gasteiger partial charge on any atom is -0.491 e. The van der Waals surface area contributed by atoms with Crippen molar-refractivity contribution in [1.29, 1.82) is 0 Å². The van der Waals surface area contributed by atoms with Gasteiger partial charge in [-0.15, -0.1) is 16.4 Å². The highest BCUT2D eigenvalue weighted by Crippen LogP contribution is 2.30. The Hall–Kier alpha value is -4.61. The summed E-state index contributed by atoms with van der Waals surface area (Å²) in [4.78, 5) is 17.4. The molecule has 17 heteroatoms. The molecule has 0 aliphatic rings. The van der Waals surface area contributed by atoms with Gasteiger partial charge in [0.05, 0.1) is 22.0 Å². The Balaban J connectivity index is 1.30. The molecule has 3 N–H and O–H groups in total. The van der Waals surface area contributed by atoms with Crippen molar-refractivity contribution in [3.05, 3.63) is 95.3 Å². The summed E-state index contributed by atoms with van der Waals surface area (Å²) in [5.41, 5.74) is 1.23. The molecule has 0 spiro atoms. The molecule has 0 bridgehead atoms. The van der Waals surface area contributed by atoms with Gasteiger partial charge >= 0.3 is 6.18 Å². The zero-order valence-electron chi connectivity index (χ0n) is 23.8. The molecule has 1 atom stereocenters. The third-order valence-electron chi connectivity index (χ3n) is 6.60. The molecule has 1 amide bonds. The number of nitrogens with two attached hydrogens (primary N) is 1. The van der Waals surface area contributed by atoms with Gasteiger partial charge < -0.3 is 14.8 Å². The molecule has 2 aromatic heterocycles. The quantitative estimate of drug-likeness (QED) is 0.172. The maximum atomic E-state index is 13.4. The Morgan fingerprint density at radius 3 is 2.37 bits per heavy atom. The van der Waals surface area contributed by atoms with Crippen LogP contribution in [0.2, 0.25) is 0 Å². The second kappa shape index (κ2) is 13.8. The molecular weight excluding hydrogens is 652 g/mol. The van der Waals surface area contributed by atoms with Crippen molar-refractivity contribution < 1.29 is 40.2 Å². The number of amides is 1. The number of nitrogens with one attached hydrogen (secondary N) is 1. The van der Waals surface area contributed by atoms with E-state index in [1.54, 1.807) is 42.5 Å². The van der Waals surface area contributed by atoms with Crippen LogP contribution in [-0.2, 0) is 40.6 Å². The minimum atomic E-state index is -4.47. The van der Waals surface area contributed by atoms with E-state index in [4.69, 9.17) is 14.6 Å². The van der Waals surface area contributed by atoms with Crippen molar-refractivity contribution in [3.63, 3.8) is 0 Å². The number of hydrogen-bond donors (Lipinski definition) is 2. The first kappa shape index (κ1) is 32.8. The van der Waals surface area contributed by atoms with Crippen LogP contribution in [-0.4, -0.2) is 47.6 Å². The molecule has 5 rings (SSSR count). The standard InChI is InChI=1S/C29H26F4N6O5S2/c30-11-12-43-22-7-3-18(4-8-22)13-25(27(40)35-15-19-1-5-20(6-2-19)29(31,32)33)39-16-21(37-38-39)17-44-23-9-10-24-26(14-23)45-28(36-24)46(34,41)42/h1-10,14,16,25H,11-13,15,17H2,(H,35,40)(H2,34,41,42). The fourth-order valence-corrected chi connectivity index (χ4v) is 6.00. The molecule has 0 saturated heterocycles. The number of alkyl halides is 4. The molecule has 11 nitrogen and oxygen atoms in total. The lowest BCUT2D eigenvalue weighted by Gasteiger charge is -2.17. The van der Waals surface area contributed by atoms with E-state index in [0.29, 0.717) is 33.0 Å². The lowest BCUT2D eigenvalue weighted by molar-refractivity contribution is -0.137. The van der Waals surface area contributed by atoms with Crippen LogP contribution in [0.15, 0.2) is 77.3 Å². The number of fused-ring (bicyclic) bond motifs is 1. The van der Waals surface area contributed by atoms with E-state index in [-0.39, 0.29) is 30.5 Å². The van der Waals surface area contributed by atoms with Crippen LogP contribution in [0.4, 0.5) is 17.6 Å². The predicted molar refractivity (Wildman–Crippen MR) is 159 cm³/mol. The number of primary sulfonamides is 1. The van der Waals surface area contributed by atoms with Crippen LogP contribution in [0.5, 0.6) is 11.5 Å². The highest BCUT2D eigenvalue weighted by atomic mass is 32.2. The van der Waals surface area contributed by atoms with E-state index in [1.165, 1.54) is 23.0 Å². The molecule has 0 fully saturated rings. The van der Waals surface area contributed by atoms with Crippen molar-refractivity contribution in [2.75, 3.05) is 13.3 Å². The van der Waals surface area contributed by atoms with Crippen LogP contribution < -0.4 is 19.9 Å². The number of ether oxygens (including phenoxy) is 2. The fourth-order valence-electron chi connectivity index (χ4n) is 4.31. The Bertz CT molecular complexity index is 1910. The van der Waals surface area contributed by atoms with E-state index in [1.807, 2.05) is 0 Å². The number of rotatable bonds is 13. The van der Waals surface area contributed by atoms with E-state index in [9.17, 15) is 30.8 Å². The predicted octanol–water partition coefficient (Wildman–Crippen LogP) is 4.58. The second-order valence-corrected chi connectivity index (χ2v) is 12.7. The van der Waals surface area contributed by atoms with E-state index < -0.39 is 40.4 Å². The number of hydrogen-bond acceptors (Lipinski definition) is 9. The molecule has 3 aromatic carbocycles. The number of carbonyl (C=O) groups is 1. The van der Waals surface area contributed by atoms with Crippen LogP contribution >= 0.6 is 11.3 Å². The summed E-state index contributed by atoms with van der Waals surface area (Å²) in [7, 11) is -3.95. The number of benzene rings is 3. The van der Waals surface area contributed by atoms with E-state index in [0.717, 1.165) is 29.0 Å². The van der Waals surface area contributed by atoms with Crippen molar-refractivity contribution in [3.8, 4) is 11.5 Å². The van der Waals surface area contributed by atoms with Crippen LogP contribution in [0.3, 0.4) is 0 Å². The van der Waals surface area contributed by atoms with Gasteiger partial charge in [0.1, 0.15) is 43.1 Å². The highest BCUT2D eigenvalue weighted by molar-refractivity contribution is 7.91. The van der Waals surface area contributed by atoms with Crippen LogP contribution in [0.1, 0.15) is 28.4 Å². The number of thiazole rings is 1. The SMILES string of the molecule is NS(=O)(=O)c1nc2ccc(OCc3cn(C(Cc4ccc(OCCF)cc4)C(=O)NCc4ccc(C(F)(F)F)cc4)nn3)cc2s1. The third-order valence-corrected chi connectivity index (χ3v) is 8.93. The maximum absolute atomic E-state index is 13.4. The van der Waals surface area contributed by atoms with E-state index >= 15 is 0 Å². The molecule has 0 aliphatic carbocycles. The molecule has 0 aliphatic heterocycles. The number of aromatic nitrogens is 4. The number of carbonyl (C=O) groups excluding carboxylic acids is 1. The fraction of sp³-hybridized carbons (Fsp3) is 0.241. The van der Waals surface area contributed by atoms with Crippen molar-refractivity contribution in [2.24, 2.45) is 5.14 Å². The summed E-state index contributed by atoms with van der Waals surface area (Å²) < 4.78 is 87.3. The van der Waals surface area contributed by atoms with Gasteiger partial charge in [-0.1, -0.05) is 29.5 Å². The summed E-state index contributed by atoms with van der Waals surface area (Å²) in [5, 5.41) is 16.2. The van der Waals surface area contributed by atoms with Gasteiger partial charge in [-0.3, -0.25) is 4.79 Å². The number of nitrogens with zero attached hydrogens (tertiary/aromatic N) is 4. The Labute approximate surface area is 264 Å². The summed E-state index contributed by atoms with van der Waals surface area (Å²) >= 11 is 0.906. The molecule has 1 unspecified atom stereocenters. The summed E-state index contributed by atoms with van der Waals surface area (Å²) in [6.07, 6.45) is -2.77. The van der Waals surface area contributed by atoms with Gasteiger partial charge in [-0.25, -0.2) is 27.6 Å². The summed E-state index contributed by atoms with van der Waals surface area (Å²) in [6, 6.07) is 15.1. The average molecular weight is 679 g/mol. The summed E-state index contributed by atoms with van der Waals surface area (Å²) in [5.74, 6) is 0.409. The molecule has 0 saturated carbocycles. The number of halogens is 4. The monoisotopic (exact) mass is 678 g/mol. The molecule has 5 aromatic rings. The second-order valence-electron chi connectivity index (χ2n) is 9.95. The molecular formula is C29H26F4N6O5S2. The van der Waals surface area contributed by atoms with Crippen LogP contribution in [0, 0.1) is 0 Å². The normalized spacial score (nSPS) is 12.6. The molecule has 0 radical (unpaired) electrons. The highest BCUT2D eigenvalue weighted by Gasteiger charge is 2.30. The van der Waals surface area contributed by atoms with E-state index in [2.05, 4.69) is 20.6 Å². The largest absolute Gasteiger partial charge is 0.491 e. The zero-order valence-corrected chi connectivity index (χ0v) is 25.4. The Morgan fingerprint density at radius 2 is 1.70 bits per heavy atom. The molecule has 46 heavy (non-hydrogen) atoms. The minimum absolute atomic E-state index is 0.0264. The Morgan fingerprint density at radius 1 is 1.00 bits per heavy atom. The van der Waals surface area contributed by atoms with Gasteiger partial charge in [-0.05, 0) is 53.6 Å². The smallest absolute Gasteiger partial charge is 0.416 e. The molecule has 2 heterocycles.